The monoisotopic (exact) mass is 654 g/mol. The van der Waals surface area contributed by atoms with E-state index in [1.807, 2.05) is 6.08 Å². The SMILES string of the molecule is CCCCC/C=C\C/C=C\C/C=C\CCCCCCCCC(=O)NC(COP(=O)(O)OCCN)C(O)/C=C/CCCCCCC. The molecule has 0 radical (unpaired) electrons. The average molecular weight is 655 g/mol. The van der Waals surface area contributed by atoms with E-state index in [4.69, 9.17) is 14.8 Å². The second kappa shape index (κ2) is 32.4. The summed E-state index contributed by atoms with van der Waals surface area (Å²) in [5.74, 6) is -0.214. The molecule has 0 heterocycles. The van der Waals surface area contributed by atoms with Crippen molar-refractivity contribution in [1.29, 1.82) is 0 Å². The van der Waals surface area contributed by atoms with Crippen molar-refractivity contribution in [2.24, 2.45) is 5.73 Å². The first-order valence-corrected chi connectivity index (χ1v) is 19.3. The molecule has 0 aromatic rings. The van der Waals surface area contributed by atoms with Gasteiger partial charge < -0.3 is 21.1 Å². The third-order valence-corrected chi connectivity index (χ3v) is 8.38. The highest BCUT2D eigenvalue weighted by Gasteiger charge is 2.26. The molecule has 0 aliphatic heterocycles. The van der Waals surface area contributed by atoms with Crippen LogP contribution in [0.4, 0.5) is 0 Å². The van der Waals surface area contributed by atoms with E-state index in [2.05, 4.69) is 55.6 Å². The van der Waals surface area contributed by atoms with Crippen LogP contribution in [0.25, 0.3) is 0 Å². The number of unbranched alkanes of at least 4 members (excludes halogenated alkanes) is 14. The highest BCUT2D eigenvalue weighted by Crippen LogP contribution is 2.43. The number of carbonyl (C=O) groups is 1. The van der Waals surface area contributed by atoms with Crippen LogP contribution in [0.15, 0.2) is 48.6 Å². The zero-order valence-electron chi connectivity index (χ0n) is 28.6. The predicted octanol–water partition coefficient (Wildman–Crippen LogP) is 8.99. The summed E-state index contributed by atoms with van der Waals surface area (Å²) >= 11 is 0. The van der Waals surface area contributed by atoms with Crippen LogP contribution in [-0.4, -0.2) is 47.8 Å². The van der Waals surface area contributed by atoms with E-state index >= 15 is 0 Å². The standard InChI is InChI=1S/C36H67N2O6P/c1-3-5-7-9-11-12-13-14-15-16-17-18-19-20-21-22-24-26-28-30-36(40)38-34(33-44-45(41,42)43-32-31-37)35(39)29-27-25-23-10-8-6-4-2/h11-12,14-15,17-18,27,29,34-35,39H,3-10,13,16,19-26,28,30-33,37H2,1-2H3,(H,38,40)(H,41,42)/b12-11-,15-14-,18-17-,29-27+. The predicted molar refractivity (Wildman–Crippen MR) is 189 cm³/mol. The number of amides is 1. The Bertz CT molecular complexity index is 845. The Balaban J connectivity index is 4.23. The maximum absolute atomic E-state index is 12.6. The van der Waals surface area contributed by atoms with Crippen LogP contribution < -0.4 is 11.1 Å². The van der Waals surface area contributed by atoms with Gasteiger partial charge in [-0.25, -0.2) is 4.57 Å². The van der Waals surface area contributed by atoms with Gasteiger partial charge in [-0.05, 0) is 57.8 Å². The minimum Gasteiger partial charge on any atom is -0.387 e. The summed E-state index contributed by atoms with van der Waals surface area (Å²) in [6.07, 6.45) is 37.4. The van der Waals surface area contributed by atoms with Crippen molar-refractivity contribution in [2.75, 3.05) is 19.8 Å². The van der Waals surface area contributed by atoms with Crippen LogP contribution in [0, 0.1) is 0 Å². The van der Waals surface area contributed by atoms with E-state index in [1.54, 1.807) is 6.08 Å². The topological polar surface area (TPSA) is 131 Å². The van der Waals surface area contributed by atoms with Crippen LogP contribution in [-0.2, 0) is 18.4 Å². The van der Waals surface area contributed by atoms with Gasteiger partial charge in [0.1, 0.15) is 0 Å². The summed E-state index contributed by atoms with van der Waals surface area (Å²) in [6.45, 7) is 4.00. The van der Waals surface area contributed by atoms with Gasteiger partial charge in [-0.2, -0.15) is 0 Å². The number of hydrogen-bond acceptors (Lipinski definition) is 6. The van der Waals surface area contributed by atoms with Gasteiger partial charge in [-0.15, -0.1) is 0 Å². The van der Waals surface area contributed by atoms with E-state index in [1.165, 1.54) is 57.8 Å². The Labute approximate surface area is 275 Å². The summed E-state index contributed by atoms with van der Waals surface area (Å²) in [6, 6.07) is -0.864. The number of carbonyl (C=O) groups excluding carboxylic acids is 1. The smallest absolute Gasteiger partial charge is 0.387 e. The van der Waals surface area contributed by atoms with E-state index in [0.717, 1.165) is 64.2 Å². The number of rotatable bonds is 32. The van der Waals surface area contributed by atoms with Crippen LogP contribution >= 0.6 is 7.82 Å². The molecule has 0 aliphatic carbocycles. The Morgan fingerprint density at radius 2 is 1.22 bits per heavy atom. The van der Waals surface area contributed by atoms with Crippen molar-refractivity contribution in [3.63, 3.8) is 0 Å². The van der Waals surface area contributed by atoms with E-state index in [-0.39, 0.29) is 25.7 Å². The summed E-state index contributed by atoms with van der Waals surface area (Å²) in [5, 5.41) is 13.5. The second-order valence-corrected chi connectivity index (χ2v) is 13.2. The number of aliphatic hydroxyl groups excluding tert-OH is 1. The Morgan fingerprint density at radius 3 is 1.82 bits per heavy atom. The molecule has 0 aromatic heterocycles. The van der Waals surface area contributed by atoms with Gasteiger partial charge in [0.25, 0.3) is 0 Å². The fraction of sp³-hybridized carbons (Fsp3) is 0.750. The molecule has 0 spiro atoms. The lowest BCUT2D eigenvalue weighted by molar-refractivity contribution is -0.123. The maximum Gasteiger partial charge on any atom is 0.472 e. The molecule has 8 nitrogen and oxygen atoms in total. The van der Waals surface area contributed by atoms with E-state index in [0.29, 0.717) is 6.42 Å². The van der Waals surface area contributed by atoms with E-state index in [9.17, 15) is 19.4 Å². The molecule has 0 bridgehead atoms. The van der Waals surface area contributed by atoms with Gasteiger partial charge in [0, 0.05) is 13.0 Å². The molecule has 0 rings (SSSR count). The second-order valence-electron chi connectivity index (χ2n) is 11.7. The zero-order chi connectivity index (χ0) is 33.3. The largest absolute Gasteiger partial charge is 0.472 e. The van der Waals surface area contributed by atoms with Gasteiger partial charge >= 0.3 is 7.82 Å². The number of nitrogens with one attached hydrogen (secondary N) is 1. The van der Waals surface area contributed by atoms with Crippen LogP contribution in [0.2, 0.25) is 0 Å². The quantitative estimate of drug-likeness (QED) is 0.0323. The fourth-order valence-electron chi connectivity index (χ4n) is 4.66. The Hall–Kier alpha value is -1.54. The minimum absolute atomic E-state index is 0.0737. The summed E-state index contributed by atoms with van der Waals surface area (Å²) < 4.78 is 21.9. The maximum atomic E-state index is 12.6. The van der Waals surface area contributed by atoms with Gasteiger partial charge in [-0.3, -0.25) is 13.8 Å². The van der Waals surface area contributed by atoms with Crippen molar-refractivity contribution in [3.05, 3.63) is 48.6 Å². The lowest BCUT2D eigenvalue weighted by Crippen LogP contribution is -2.45. The molecule has 9 heteroatoms. The van der Waals surface area contributed by atoms with Gasteiger partial charge in [0.05, 0.1) is 25.4 Å². The fourth-order valence-corrected chi connectivity index (χ4v) is 5.42. The number of phosphoric acid groups is 1. The number of hydrogen-bond donors (Lipinski definition) is 4. The molecule has 262 valence electrons. The lowest BCUT2D eigenvalue weighted by Gasteiger charge is -2.23. The molecule has 5 N–H and O–H groups in total. The van der Waals surface area contributed by atoms with Crippen LogP contribution in [0.5, 0.6) is 0 Å². The van der Waals surface area contributed by atoms with Crippen molar-refractivity contribution < 1.29 is 28.4 Å². The van der Waals surface area contributed by atoms with Crippen LogP contribution in [0.3, 0.4) is 0 Å². The summed E-state index contributed by atoms with van der Waals surface area (Å²) in [4.78, 5) is 22.5. The molecule has 45 heavy (non-hydrogen) atoms. The highest BCUT2D eigenvalue weighted by molar-refractivity contribution is 7.47. The van der Waals surface area contributed by atoms with E-state index < -0.39 is 20.0 Å². The average Bonchev–Trinajstić information content (AvgIpc) is 3.02. The highest BCUT2D eigenvalue weighted by atomic mass is 31.2. The number of aliphatic hydroxyl groups is 1. The zero-order valence-corrected chi connectivity index (χ0v) is 29.5. The first-order valence-electron chi connectivity index (χ1n) is 17.8. The first-order chi connectivity index (χ1) is 21.9. The summed E-state index contributed by atoms with van der Waals surface area (Å²) in [7, 11) is -4.33. The first kappa shape index (κ1) is 43.5. The Morgan fingerprint density at radius 1 is 0.733 bits per heavy atom. The molecular formula is C36H67N2O6P. The molecule has 0 saturated heterocycles. The number of nitrogens with two attached hydrogens (primary N) is 1. The van der Waals surface area contributed by atoms with Crippen molar-refractivity contribution >= 4 is 13.7 Å². The van der Waals surface area contributed by atoms with Crippen LogP contribution in [0.1, 0.15) is 142 Å². The molecule has 0 aliphatic rings. The molecule has 1 amide bonds. The minimum atomic E-state index is -4.33. The molecule has 0 aromatic carbocycles. The third kappa shape index (κ3) is 30.9. The van der Waals surface area contributed by atoms with Crippen molar-refractivity contribution in [1.82, 2.24) is 5.32 Å². The third-order valence-electron chi connectivity index (χ3n) is 7.40. The van der Waals surface area contributed by atoms with Gasteiger partial charge in [-0.1, -0.05) is 127 Å². The number of phosphoric ester groups is 1. The molecular weight excluding hydrogens is 587 g/mol. The summed E-state index contributed by atoms with van der Waals surface area (Å²) in [5.41, 5.74) is 5.33. The lowest BCUT2D eigenvalue weighted by atomic mass is 10.1. The van der Waals surface area contributed by atoms with Gasteiger partial charge in [0.15, 0.2) is 0 Å². The van der Waals surface area contributed by atoms with Crippen molar-refractivity contribution in [3.8, 4) is 0 Å². The molecule has 0 fully saturated rings. The Kier molecular flexibility index (Phi) is 31.3. The van der Waals surface area contributed by atoms with Crippen molar-refractivity contribution in [2.45, 2.75) is 154 Å². The molecule has 3 unspecified atom stereocenters. The number of allylic oxidation sites excluding steroid dienone is 7. The molecule has 0 saturated carbocycles. The van der Waals surface area contributed by atoms with Gasteiger partial charge in [0.2, 0.25) is 5.91 Å². The molecule has 3 atom stereocenters. The normalized spacial score (nSPS) is 15.0.